The Bertz CT molecular complexity index is 1050. The second kappa shape index (κ2) is 6.96. The Labute approximate surface area is 163 Å². The molecule has 28 heavy (non-hydrogen) atoms. The molecule has 0 N–H and O–H groups in total. The lowest BCUT2D eigenvalue weighted by atomic mass is 10.0. The van der Waals surface area contributed by atoms with Crippen LogP contribution in [0.4, 0.5) is 5.69 Å². The van der Waals surface area contributed by atoms with Gasteiger partial charge in [0, 0.05) is 29.7 Å². The lowest BCUT2D eigenvalue weighted by molar-refractivity contribution is 0.280. The first kappa shape index (κ1) is 16.7. The summed E-state index contributed by atoms with van der Waals surface area (Å²) in [7, 11) is 1.71. The lowest BCUT2D eigenvalue weighted by Gasteiger charge is -2.30. The minimum absolute atomic E-state index is 0.541. The van der Waals surface area contributed by atoms with Crippen LogP contribution in [0.2, 0.25) is 0 Å². The SMILES string of the molecule is COC1=CC=C(c2ccncc2)CN1c1cccc(-c2nncn2C2CC2)c1. The molecular formula is C22H21N5O. The minimum Gasteiger partial charge on any atom is -0.482 e. The standard InChI is InChI=1S/C22H21N5O/c1-28-21-8-5-18(16-9-11-23-12-10-16)14-26(21)20-4-2-3-17(13-20)22-25-24-15-27(22)19-6-7-19/h2-5,8-13,15,19H,6-7,14H2,1H3. The summed E-state index contributed by atoms with van der Waals surface area (Å²) in [4.78, 5) is 6.30. The topological polar surface area (TPSA) is 56.1 Å². The molecule has 3 heterocycles. The van der Waals surface area contributed by atoms with Crippen LogP contribution in [0, 0.1) is 0 Å². The van der Waals surface area contributed by atoms with Crippen LogP contribution in [-0.2, 0) is 4.74 Å². The van der Waals surface area contributed by atoms with Gasteiger partial charge in [0.05, 0.1) is 13.7 Å². The molecule has 3 aromatic rings. The average molecular weight is 371 g/mol. The summed E-state index contributed by atoms with van der Waals surface area (Å²) in [6, 6.07) is 13.0. The van der Waals surface area contributed by atoms with Crippen LogP contribution in [0.5, 0.6) is 0 Å². The monoisotopic (exact) mass is 371 g/mol. The first-order chi connectivity index (χ1) is 13.8. The smallest absolute Gasteiger partial charge is 0.193 e. The number of ether oxygens (including phenoxy) is 1. The third-order valence-corrected chi connectivity index (χ3v) is 5.21. The molecule has 5 rings (SSSR count). The van der Waals surface area contributed by atoms with E-state index in [1.165, 1.54) is 18.4 Å². The van der Waals surface area contributed by atoms with E-state index in [2.05, 4.69) is 55.0 Å². The normalized spacial score (nSPS) is 16.5. The predicted octanol–water partition coefficient (Wildman–Crippen LogP) is 4.07. The zero-order valence-electron chi connectivity index (χ0n) is 15.7. The van der Waals surface area contributed by atoms with Gasteiger partial charge in [-0.1, -0.05) is 18.2 Å². The molecule has 0 saturated heterocycles. The van der Waals surface area contributed by atoms with Crippen molar-refractivity contribution in [3.8, 4) is 11.4 Å². The van der Waals surface area contributed by atoms with Crippen molar-refractivity contribution in [2.24, 2.45) is 0 Å². The molecule has 2 aliphatic rings. The van der Waals surface area contributed by atoms with E-state index < -0.39 is 0 Å². The lowest BCUT2D eigenvalue weighted by Crippen LogP contribution is -2.27. The Balaban J connectivity index is 1.49. The zero-order valence-corrected chi connectivity index (χ0v) is 15.7. The maximum atomic E-state index is 5.64. The van der Waals surface area contributed by atoms with Crippen molar-refractivity contribution in [1.82, 2.24) is 19.7 Å². The van der Waals surface area contributed by atoms with E-state index in [4.69, 9.17) is 4.74 Å². The summed E-state index contributed by atoms with van der Waals surface area (Å²) >= 11 is 0. The number of rotatable bonds is 5. The van der Waals surface area contributed by atoms with Gasteiger partial charge in [0.15, 0.2) is 11.7 Å². The maximum absolute atomic E-state index is 5.64. The van der Waals surface area contributed by atoms with Crippen molar-refractivity contribution in [2.75, 3.05) is 18.6 Å². The molecule has 0 atom stereocenters. The van der Waals surface area contributed by atoms with Crippen LogP contribution in [-0.4, -0.2) is 33.4 Å². The van der Waals surface area contributed by atoms with Gasteiger partial charge in [0.1, 0.15) is 6.33 Å². The zero-order chi connectivity index (χ0) is 18.9. The molecule has 2 aromatic heterocycles. The van der Waals surface area contributed by atoms with Gasteiger partial charge in [-0.2, -0.15) is 0 Å². The molecule has 0 unspecified atom stereocenters. The van der Waals surface area contributed by atoms with Crippen molar-refractivity contribution in [3.63, 3.8) is 0 Å². The van der Waals surface area contributed by atoms with E-state index in [1.807, 2.05) is 36.9 Å². The molecule has 1 fully saturated rings. The van der Waals surface area contributed by atoms with Crippen LogP contribution in [0.1, 0.15) is 24.4 Å². The quantitative estimate of drug-likeness (QED) is 0.677. The van der Waals surface area contributed by atoms with Crippen LogP contribution in [0.25, 0.3) is 17.0 Å². The van der Waals surface area contributed by atoms with Crippen molar-refractivity contribution in [2.45, 2.75) is 18.9 Å². The Morgan fingerprint density at radius 2 is 1.89 bits per heavy atom. The number of anilines is 1. The van der Waals surface area contributed by atoms with E-state index >= 15 is 0 Å². The van der Waals surface area contributed by atoms with Gasteiger partial charge >= 0.3 is 0 Å². The molecule has 6 nitrogen and oxygen atoms in total. The molecule has 1 saturated carbocycles. The van der Waals surface area contributed by atoms with Crippen molar-refractivity contribution in [1.29, 1.82) is 0 Å². The molecule has 6 heteroatoms. The Hall–Kier alpha value is -3.41. The number of hydrogen-bond donors (Lipinski definition) is 0. The second-order valence-corrected chi connectivity index (χ2v) is 7.07. The van der Waals surface area contributed by atoms with Crippen molar-refractivity contribution < 1.29 is 4.74 Å². The van der Waals surface area contributed by atoms with Gasteiger partial charge in [-0.15, -0.1) is 10.2 Å². The summed E-state index contributed by atoms with van der Waals surface area (Å²) < 4.78 is 7.83. The van der Waals surface area contributed by atoms with Gasteiger partial charge in [-0.05, 0) is 54.3 Å². The van der Waals surface area contributed by atoms with Crippen LogP contribution in [0.3, 0.4) is 0 Å². The molecule has 0 bridgehead atoms. The van der Waals surface area contributed by atoms with Gasteiger partial charge < -0.3 is 14.2 Å². The van der Waals surface area contributed by atoms with E-state index in [1.54, 1.807) is 7.11 Å². The fraction of sp³-hybridized carbons (Fsp3) is 0.227. The van der Waals surface area contributed by atoms with Gasteiger partial charge in [-0.25, -0.2) is 0 Å². The molecule has 1 aromatic carbocycles. The van der Waals surface area contributed by atoms with Crippen LogP contribution >= 0.6 is 0 Å². The Morgan fingerprint density at radius 3 is 2.68 bits per heavy atom. The van der Waals surface area contributed by atoms with Crippen molar-refractivity contribution in [3.05, 3.63) is 78.7 Å². The number of methoxy groups -OCH3 is 1. The van der Waals surface area contributed by atoms with Gasteiger partial charge in [0.2, 0.25) is 0 Å². The molecular weight excluding hydrogens is 350 g/mol. The number of nitrogens with zero attached hydrogens (tertiary/aromatic N) is 5. The predicted molar refractivity (Wildman–Crippen MR) is 108 cm³/mol. The van der Waals surface area contributed by atoms with E-state index in [9.17, 15) is 0 Å². The molecule has 0 amide bonds. The summed E-state index contributed by atoms with van der Waals surface area (Å²) in [5.74, 6) is 1.74. The summed E-state index contributed by atoms with van der Waals surface area (Å²) in [6.07, 6.45) is 12.0. The third-order valence-electron chi connectivity index (χ3n) is 5.21. The average Bonchev–Trinajstić information content (AvgIpc) is 3.50. The fourth-order valence-electron chi connectivity index (χ4n) is 3.60. The summed E-state index contributed by atoms with van der Waals surface area (Å²) in [5.41, 5.74) is 4.51. The van der Waals surface area contributed by atoms with Gasteiger partial charge in [-0.3, -0.25) is 4.98 Å². The van der Waals surface area contributed by atoms with Gasteiger partial charge in [0.25, 0.3) is 0 Å². The Morgan fingerprint density at radius 1 is 1.04 bits per heavy atom. The van der Waals surface area contributed by atoms with Crippen LogP contribution in [0.15, 0.2) is 73.2 Å². The van der Waals surface area contributed by atoms with E-state index in [-0.39, 0.29) is 0 Å². The number of allylic oxidation sites excluding steroid dienone is 2. The number of pyridine rings is 1. The minimum atomic E-state index is 0.541. The first-order valence-electron chi connectivity index (χ1n) is 9.46. The molecule has 1 aliphatic heterocycles. The van der Waals surface area contributed by atoms with E-state index in [0.717, 1.165) is 35.1 Å². The summed E-state index contributed by atoms with van der Waals surface area (Å²) in [5, 5.41) is 8.50. The molecule has 0 radical (unpaired) electrons. The molecule has 140 valence electrons. The largest absolute Gasteiger partial charge is 0.482 e. The molecule has 1 aliphatic carbocycles. The molecule has 0 spiro atoms. The van der Waals surface area contributed by atoms with Crippen molar-refractivity contribution >= 4 is 11.3 Å². The fourth-order valence-corrected chi connectivity index (χ4v) is 3.60. The highest BCUT2D eigenvalue weighted by molar-refractivity contribution is 5.76. The van der Waals surface area contributed by atoms with Crippen LogP contribution < -0.4 is 4.90 Å². The number of aromatic nitrogens is 4. The number of benzene rings is 1. The third kappa shape index (κ3) is 3.07. The first-order valence-corrected chi connectivity index (χ1v) is 9.46. The highest BCUT2D eigenvalue weighted by Crippen LogP contribution is 2.38. The summed E-state index contributed by atoms with van der Waals surface area (Å²) in [6.45, 7) is 0.725. The highest BCUT2D eigenvalue weighted by Gasteiger charge is 2.27. The maximum Gasteiger partial charge on any atom is 0.193 e. The Kier molecular flexibility index (Phi) is 4.16. The number of hydrogen-bond acceptors (Lipinski definition) is 5. The second-order valence-electron chi connectivity index (χ2n) is 7.07. The van der Waals surface area contributed by atoms with E-state index in [0.29, 0.717) is 6.04 Å². The highest BCUT2D eigenvalue weighted by atomic mass is 16.5.